The lowest BCUT2D eigenvalue weighted by atomic mass is 10.2. The van der Waals surface area contributed by atoms with E-state index in [9.17, 15) is 9.00 Å². The minimum Gasteiger partial charge on any atom is -0.493 e. The summed E-state index contributed by atoms with van der Waals surface area (Å²) in [6.07, 6.45) is 1.91. The Labute approximate surface area is 161 Å². The van der Waals surface area contributed by atoms with Crippen LogP contribution in [0.5, 0.6) is 11.5 Å². The summed E-state index contributed by atoms with van der Waals surface area (Å²) >= 11 is 0. The fourth-order valence-corrected chi connectivity index (χ4v) is 3.53. The van der Waals surface area contributed by atoms with E-state index in [1.165, 1.54) is 0 Å². The Morgan fingerprint density at radius 2 is 2.00 bits per heavy atom. The van der Waals surface area contributed by atoms with E-state index in [0.29, 0.717) is 35.4 Å². The van der Waals surface area contributed by atoms with E-state index >= 15 is 0 Å². The van der Waals surface area contributed by atoms with Gasteiger partial charge >= 0.3 is 0 Å². The van der Waals surface area contributed by atoms with E-state index < -0.39 is 10.8 Å². The number of methoxy groups -OCH3 is 2. The number of hydrogen-bond acceptors (Lipinski definition) is 6. The zero-order valence-corrected chi connectivity index (χ0v) is 17.0. The first kappa shape index (κ1) is 21.0. The second-order valence-electron chi connectivity index (χ2n) is 6.02. The van der Waals surface area contributed by atoms with E-state index in [0.717, 1.165) is 18.4 Å². The maximum atomic E-state index is 12.3. The van der Waals surface area contributed by atoms with Crippen LogP contribution in [0.1, 0.15) is 31.2 Å². The molecule has 2 rings (SSSR count). The topological polar surface area (TPSA) is 90.7 Å². The molecule has 1 N–H and O–H groups in total. The third-order valence-electron chi connectivity index (χ3n) is 3.97. The molecule has 8 heteroatoms. The first-order valence-corrected chi connectivity index (χ1v) is 10.3. The molecule has 7 nitrogen and oxygen atoms in total. The number of unbranched alkanes of at least 4 members (excludes halogenated alkanes) is 1. The standard InChI is InChI=1S/C19H26N2O5S/c1-5-6-9-20-18(22)12-27(23)11-15-13(2)26-19(21-15)14-7-8-16(24-3)17(10-14)25-4/h7-8,10H,5-6,9,11-12H2,1-4H3,(H,20,22)/t27-/m1/s1. The number of benzene rings is 1. The van der Waals surface area contributed by atoms with Crippen LogP contribution in [0.3, 0.4) is 0 Å². The van der Waals surface area contributed by atoms with Gasteiger partial charge in [-0.05, 0) is 31.5 Å². The fraction of sp³-hybridized carbons (Fsp3) is 0.474. The van der Waals surface area contributed by atoms with Crippen molar-refractivity contribution in [3.8, 4) is 23.0 Å². The zero-order chi connectivity index (χ0) is 19.8. The summed E-state index contributed by atoms with van der Waals surface area (Å²) < 4.78 is 28.5. The van der Waals surface area contributed by atoms with Gasteiger partial charge in [0, 0.05) is 22.9 Å². The lowest BCUT2D eigenvalue weighted by Crippen LogP contribution is -2.29. The van der Waals surface area contributed by atoms with Gasteiger partial charge in [-0.2, -0.15) is 0 Å². The molecule has 1 atom stereocenters. The fourth-order valence-electron chi connectivity index (χ4n) is 2.46. The van der Waals surface area contributed by atoms with E-state index in [1.54, 1.807) is 33.3 Å². The van der Waals surface area contributed by atoms with Crippen LogP contribution in [0.15, 0.2) is 22.6 Å². The molecule has 148 valence electrons. The number of amides is 1. The van der Waals surface area contributed by atoms with Crippen LogP contribution in [0.4, 0.5) is 0 Å². The molecule has 1 heterocycles. The van der Waals surface area contributed by atoms with Gasteiger partial charge in [-0.25, -0.2) is 4.98 Å². The van der Waals surface area contributed by atoms with Gasteiger partial charge in [-0.1, -0.05) is 13.3 Å². The molecule has 0 spiro atoms. The highest BCUT2D eigenvalue weighted by Gasteiger charge is 2.17. The molecule has 0 aliphatic carbocycles. The zero-order valence-electron chi connectivity index (χ0n) is 16.2. The molecule has 1 aromatic heterocycles. The molecule has 1 amide bonds. The molecule has 27 heavy (non-hydrogen) atoms. The van der Waals surface area contributed by atoms with E-state index in [4.69, 9.17) is 13.9 Å². The second kappa shape index (κ2) is 10.1. The van der Waals surface area contributed by atoms with Crippen molar-refractivity contribution >= 4 is 16.7 Å². The summed E-state index contributed by atoms with van der Waals surface area (Å²) in [6, 6.07) is 5.35. The smallest absolute Gasteiger partial charge is 0.232 e. The number of nitrogens with zero attached hydrogens (tertiary/aromatic N) is 1. The van der Waals surface area contributed by atoms with Crippen molar-refractivity contribution < 1.29 is 22.9 Å². The van der Waals surface area contributed by atoms with Crippen LogP contribution >= 0.6 is 0 Å². The summed E-state index contributed by atoms with van der Waals surface area (Å²) in [4.78, 5) is 16.2. The number of carbonyl (C=O) groups excluding carboxylic acids is 1. The van der Waals surface area contributed by atoms with Crippen molar-refractivity contribution in [3.63, 3.8) is 0 Å². The van der Waals surface area contributed by atoms with Gasteiger partial charge in [0.05, 0.1) is 25.7 Å². The lowest BCUT2D eigenvalue weighted by molar-refractivity contribution is -0.118. The van der Waals surface area contributed by atoms with E-state index in [-0.39, 0.29) is 17.4 Å². The second-order valence-corrected chi connectivity index (χ2v) is 7.48. The van der Waals surface area contributed by atoms with Gasteiger partial charge in [0.1, 0.15) is 11.5 Å². The summed E-state index contributed by atoms with van der Waals surface area (Å²) in [7, 11) is 1.78. The summed E-state index contributed by atoms with van der Waals surface area (Å²) in [6.45, 7) is 4.43. The minimum atomic E-state index is -1.35. The van der Waals surface area contributed by atoms with Crippen LogP contribution in [0.25, 0.3) is 11.5 Å². The number of aryl methyl sites for hydroxylation is 1. The van der Waals surface area contributed by atoms with Crippen LogP contribution in [-0.4, -0.2) is 41.6 Å². The Hall–Kier alpha value is -2.35. The molecule has 0 fully saturated rings. The Balaban J connectivity index is 2.06. The Kier molecular flexibility index (Phi) is 7.84. The molecule has 0 unspecified atom stereocenters. The maximum absolute atomic E-state index is 12.3. The van der Waals surface area contributed by atoms with Gasteiger partial charge in [0.15, 0.2) is 11.5 Å². The van der Waals surface area contributed by atoms with E-state index in [2.05, 4.69) is 10.3 Å². The molecule has 0 bridgehead atoms. The first-order valence-electron chi connectivity index (χ1n) is 8.78. The quantitative estimate of drug-likeness (QED) is 0.623. The molecule has 0 aliphatic heterocycles. The molecule has 0 aliphatic rings. The number of hydrogen-bond donors (Lipinski definition) is 1. The Morgan fingerprint density at radius 1 is 1.26 bits per heavy atom. The monoisotopic (exact) mass is 394 g/mol. The number of carbonyl (C=O) groups is 1. The number of ether oxygens (including phenoxy) is 2. The highest BCUT2D eigenvalue weighted by Crippen LogP contribution is 2.32. The van der Waals surface area contributed by atoms with E-state index in [1.807, 2.05) is 13.0 Å². The van der Waals surface area contributed by atoms with Crippen molar-refractivity contribution in [1.82, 2.24) is 10.3 Å². The van der Waals surface area contributed by atoms with Crippen LogP contribution < -0.4 is 14.8 Å². The summed E-state index contributed by atoms with van der Waals surface area (Å²) in [5.74, 6) is 2.10. The SMILES string of the molecule is CCCCNC(=O)C[S@](=O)Cc1nc(-c2ccc(OC)c(OC)c2)oc1C. The van der Waals surface area contributed by atoms with Crippen LogP contribution in [0.2, 0.25) is 0 Å². The van der Waals surface area contributed by atoms with Crippen molar-refractivity contribution in [3.05, 3.63) is 29.7 Å². The third kappa shape index (κ3) is 5.82. The Bertz CT molecular complexity index is 803. The maximum Gasteiger partial charge on any atom is 0.232 e. The van der Waals surface area contributed by atoms with Crippen molar-refractivity contribution in [1.29, 1.82) is 0 Å². The molecule has 1 aromatic carbocycles. The Morgan fingerprint density at radius 3 is 2.67 bits per heavy atom. The van der Waals surface area contributed by atoms with Crippen LogP contribution in [-0.2, 0) is 21.3 Å². The molecular formula is C19H26N2O5S. The van der Waals surface area contributed by atoms with Gasteiger partial charge < -0.3 is 19.2 Å². The normalized spacial score (nSPS) is 11.9. The van der Waals surface area contributed by atoms with Crippen molar-refractivity contribution in [2.24, 2.45) is 0 Å². The number of nitrogens with one attached hydrogen (secondary N) is 1. The number of rotatable bonds is 10. The van der Waals surface area contributed by atoms with Gasteiger partial charge in [0.2, 0.25) is 11.8 Å². The minimum absolute atomic E-state index is 0.0400. The third-order valence-corrected chi connectivity index (χ3v) is 5.15. The highest BCUT2D eigenvalue weighted by atomic mass is 32.2. The van der Waals surface area contributed by atoms with Gasteiger partial charge in [-0.3, -0.25) is 9.00 Å². The largest absolute Gasteiger partial charge is 0.493 e. The molecule has 0 radical (unpaired) electrons. The van der Waals surface area contributed by atoms with Gasteiger partial charge in [-0.15, -0.1) is 0 Å². The average molecular weight is 394 g/mol. The lowest BCUT2D eigenvalue weighted by Gasteiger charge is -2.07. The average Bonchev–Trinajstić information content (AvgIpc) is 3.01. The highest BCUT2D eigenvalue weighted by molar-refractivity contribution is 7.84. The number of aromatic nitrogens is 1. The van der Waals surface area contributed by atoms with Crippen molar-refractivity contribution in [2.45, 2.75) is 32.4 Å². The summed E-state index contributed by atoms with van der Waals surface area (Å²) in [5, 5.41) is 2.77. The number of oxazole rings is 1. The molecule has 0 saturated heterocycles. The predicted molar refractivity (Wildman–Crippen MR) is 104 cm³/mol. The predicted octanol–water partition coefficient (Wildman–Crippen LogP) is 2.83. The van der Waals surface area contributed by atoms with Crippen molar-refractivity contribution in [2.75, 3.05) is 26.5 Å². The summed E-state index contributed by atoms with van der Waals surface area (Å²) in [5.41, 5.74) is 1.31. The molecule has 0 saturated carbocycles. The van der Waals surface area contributed by atoms with Gasteiger partial charge in [0.25, 0.3) is 0 Å². The molecule has 2 aromatic rings. The van der Waals surface area contributed by atoms with Crippen LogP contribution in [0, 0.1) is 6.92 Å². The first-order chi connectivity index (χ1) is 13.0. The molecular weight excluding hydrogens is 368 g/mol.